The standard InChI is InChI=1S/C22H17NO/c1-2-8-17(9-3-1)16-24-22-13-7-5-11-19(22)21-15-14-18-10-4-6-12-20(18)23-21/h1-15H,16H2. The van der Waals surface area contributed by atoms with Crippen molar-refractivity contribution in [3.63, 3.8) is 0 Å². The van der Waals surface area contributed by atoms with Gasteiger partial charge in [-0.15, -0.1) is 0 Å². The molecule has 24 heavy (non-hydrogen) atoms. The Morgan fingerprint density at radius 3 is 2.33 bits per heavy atom. The zero-order valence-corrected chi connectivity index (χ0v) is 13.2. The van der Waals surface area contributed by atoms with Crippen LogP contribution >= 0.6 is 0 Å². The molecule has 0 aliphatic heterocycles. The predicted octanol–water partition coefficient (Wildman–Crippen LogP) is 5.48. The van der Waals surface area contributed by atoms with E-state index in [0.717, 1.165) is 33.5 Å². The molecule has 0 saturated carbocycles. The van der Waals surface area contributed by atoms with Crippen LogP contribution in [0.2, 0.25) is 0 Å². The zero-order valence-electron chi connectivity index (χ0n) is 13.2. The summed E-state index contributed by atoms with van der Waals surface area (Å²) in [4.78, 5) is 4.78. The van der Waals surface area contributed by atoms with Crippen molar-refractivity contribution in [1.29, 1.82) is 0 Å². The second kappa shape index (κ2) is 6.55. The van der Waals surface area contributed by atoms with Crippen LogP contribution in [-0.4, -0.2) is 4.98 Å². The summed E-state index contributed by atoms with van der Waals surface area (Å²) < 4.78 is 6.05. The van der Waals surface area contributed by atoms with Crippen molar-refractivity contribution in [2.24, 2.45) is 0 Å². The summed E-state index contributed by atoms with van der Waals surface area (Å²) in [5.41, 5.74) is 4.09. The number of hydrogen-bond acceptors (Lipinski definition) is 2. The third-order valence-electron chi connectivity index (χ3n) is 4.00. The fourth-order valence-corrected chi connectivity index (χ4v) is 2.76. The summed E-state index contributed by atoms with van der Waals surface area (Å²) in [6, 6.07) is 30.5. The fourth-order valence-electron chi connectivity index (χ4n) is 2.76. The number of ether oxygens (including phenoxy) is 1. The molecule has 4 aromatic rings. The Kier molecular flexibility index (Phi) is 3.95. The van der Waals surface area contributed by atoms with Gasteiger partial charge in [-0.3, -0.25) is 0 Å². The molecule has 0 bridgehead atoms. The van der Waals surface area contributed by atoms with E-state index in [9.17, 15) is 0 Å². The molecule has 0 aliphatic rings. The smallest absolute Gasteiger partial charge is 0.129 e. The average molecular weight is 311 g/mol. The number of fused-ring (bicyclic) bond motifs is 1. The van der Waals surface area contributed by atoms with Gasteiger partial charge in [0.15, 0.2) is 0 Å². The maximum atomic E-state index is 6.05. The Hall–Kier alpha value is -3.13. The molecule has 0 fully saturated rings. The molecule has 1 aromatic heterocycles. The Labute approximate surface area is 141 Å². The van der Waals surface area contributed by atoms with E-state index < -0.39 is 0 Å². The Bertz CT molecular complexity index is 963. The van der Waals surface area contributed by atoms with Crippen molar-refractivity contribution in [3.8, 4) is 17.0 Å². The van der Waals surface area contributed by atoms with Crippen LogP contribution in [0, 0.1) is 0 Å². The van der Waals surface area contributed by atoms with Crippen molar-refractivity contribution >= 4 is 10.9 Å². The van der Waals surface area contributed by atoms with Gasteiger partial charge >= 0.3 is 0 Å². The summed E-state index contributed by atoms with van der Waals surface area (Å²) in [5, 5.41) is 1.14. The predicted molar refractivity (Wildman–Crippen MR) is 98.0 cm³/mol. The maximum Gasteiger partial charge on any atom is 0.129 e. The molecular formula is C22H17NO. The molecule has 1 heterocycles. The van der Waals surface area contributed by atoms with Crippen LogP contribution in [-0.2, 0) is 6.61 Å². The molecule has 0 spiro atoms. The average Bonchev–Trinajstić information content (AvgIpc) is 2.67. The number of para-hydroxylation sites is 2. The van der Waals surface area contributed by atoms with E-state index in [1.807, 2.05) is 60.7 Å². The molecule has 0 amide bonds. The van der Waals surface area contributed by atoms with Crippen molar-refractivity contribution in [2.75, 3.05) is 0 Å². The van der Waals surface area contributed by atoms with Gasteiger partial charge in [-0.2, -0.15) is 0 Å². The van der Waals surface area contributed by atoms with Gasteiger partial charge in [0.25, 0.3) is 0 Å². The summed E-state index contributed by atoms with van der Waals surface area (Å²) in [5.74, 6) is 0.851. The first kappa shape index (κ1) is 14.5. The largest absolute Gasteiger partial charge is 0.488 e. The number of aromatic nitrogens is 1. The lowest BCUT2D eigenvalue weighted by Gasteiger charge is -2.11. The van der Waals surface area contributed by atoms with Crippen LogP contribution in [0.1, 0.15) is 5.56 Å². The van der Waals surface area contributed by atoms with Gasteiger partial charge in [0.05, 0.1) is 11.2 Å². The minimum absolute atomic E-state index is 0.547. The first-order valence-electron chi connectivity index (χ1n) is 8.02. The lowest BCUT2D eigenvalue weighted by atomic mass is 10.1. The highest BCUT2D eigenvalue weighted by Gasteiger charge is 2.08. The molecular weight excluding hydrogens is 294 g/mol. The molecule has 0 atom stereocenters. The van der Waals surface area contributed by atoms with Crippen molar-refractivity contribution in [3.05, 3.63) is 96.6 Å². The lowest BCUT2D eigenvalue weighted by molar-refractivity contribution is 0.307. The van der Waals surface area contributed by atoms with Crippen molar-refractivity contribution in [1.82, 2.24) is 4.98 Å². The van der Waals surface area contributed by atoms with Crippen LogP contribution in [0.3, 0.4) is 0 Å². The highest BCUT2D eigenvalue weighted by Crippen LogP contribution is 2.30. The van der Waals surface area contributed by atoms with Gasteiger partial charge in [-0.1, -0.05) is 66.7 Å². The molecule has 0 saturated heterocycles. The SMILES string of the molecule is c1ccc(COc2ccccc2-c2ccc3ccccc3n2)cc1. The minimum atomic E-state index is 0.547. The summed E-state index contributed by atoms with van der Waals surface area (Å²) in [6.45, 7) is 0.547. The van der Waals surface area contributed by atoms with E-state index >= 15 is 0 Å². The van der Waals surface area contributed by atoms with Gasteiger partial charge in [0.2, 0.25) is 0 Å². The maximum absolute atomic E-state index is 6.05. The van der Waals surface area contributed by atoms with Gasteiger partial charge in [0.1, 0.15) is 12.4 Å². The van der Waals surface area contributed by atoms with E-state index in [-0.39, 0.29) is 0 Å². The quantitative estimate of drug-likeness (QED) is 0.498. The molecule has 0 radical (unpaired) electrons. The molecule has 0 N–H and O–H groups in total. The monoisotopic (exact) mass is 311 g/mol. The molecule has 4 rings (SSSR count). The van der Waals surface area contributed by atoms with Crippen LogP contribution < -0.4 is 4.74 Å². The molecule has 3 aromatic carbocycles. The third-order valence-corrected chi connectivity index (χ3v) is 4.00. The topological polar surface area (TPSA) is 22.1 Å². The van der Waals surface area contributed by atoms with Crippen LogP contribution in [0.15, 0.2) is 91.0 Å². The Balaban J connectivity index is 1.67. The summed E-state index contributed by atoms with van der Waals surface area (Å²) in [6.07, 6.45) is 0. The molecule has 2 nitrogen and oxygen atoms in total. The first-order chi connectivity index (χ1) is 11.9. The summed E-state index contributed by atoms with van der Waals surface area (Å²) in [7, 11) is 0. The second-order valence-corrected chi connectivity index (χ2v) is 5.66. The number of rotatable bonds is 4. The number of benzene rings is 3. The fraction of sp³-hybridized carbons (Fsp3) is 0.0455. The van der Waals surface area contributed by atoms with Gasteiger partial charge in [-0.05, 0) is 29.8 Å². The summed E-state index contributed by atoms with van der Waals surface area (Å²) >= 11 is 0. The molecule has 0 aliphatic carbocycles. The highest BCUT2D eigenvalue weighted by atomic mass is 16.5. The van der Waals surface area contributed by atoms with Crippen LogP contribution in [0.25, 0.3) is 22.2 Å². The second-order valence-electron chi connectivity index (χ2n) is 5.66. The van der Waals surface area contributed by atoms with Crippen molar-refractivity contribution in [2.45, 2.75) is 6.61 Å². The van der Waals surface area contributed by atoms with E-state index in [0.29, 0.717) is 6.61 Å². The van der Waals surface area contributed by atoms with Gasteiger partial charge in [-0.25, -0.2) is 4.98 Å². The van der Waals surface area contributed by atoms with Crippen LogP contribution in [0.5, 0.6) is 5.75 Å². The molecule has 116 valence electrons. The normalized spacial score (nSPS) is 10.7. The van der Waals surface area contributed by atoms with Gasteiger partial charge in [0, 0.05) is 10.9 Å². The highest BCUT2D eigenvalue weighted by molar-refractivity contribution is 5.82. The Morgan fingerprint density at radius 1 is 0.667 bits per heavy atom. The lowest BCUT2D eigenvalue weighted by Crippen LogP contribution is -1.97. The number of nitrogens with zero attached hydrogens (tertiary/aromatic N) is 1. The van der Waals surface area contributed by atoms with Crippen LogP contribution in [0.4, 0.5) is 0 Å². The van der Waals surface area contributed by atoms with Gasteiger partial charge < -0.3 is 4.74 Å². The van der Waals surface area contributed by atoms with Crippen molar-refractivity contribution < 1.29 is 4.74 Å². The molecule has 2 heteroatoms. The van der Waals surface area contributed by atoms with E-state index in [1.165, 1.54) is 0 Å². The van der Waals surface area contributed by atoms with E-state index in [2.05, 4.69) is 30.3 Å². The molecule has 0 unspecified atom stereocenters. The first-order valence-corrected chi connectivity index (χ1v) is 8.02. The van der Waals surface area contributed by atoms with E-state index in [4.69, 9.17) is 9.72 Å². The Morgan fingerprint density at radius 2 is 1.42 bits per heavy atom. The van der Waals surface area contributed by atoms with E-state index in [1.54, 1.807) is 0 Å². The number of pyridine rings is 1. The third kappa shape index (κ3) is 2.99. The minimum Gasteiger partial charge on any atom is -0.488 e. The number of hydrogen-bond donors (Lipinski definition) is 0. The zero-order chi connectivity index (χ0) is 16.2.